The summed E-state index contributed by atoms with van der Waals surface area (Å²) < 4.78 is 5.02. The van der Waals surface area contributed by atoms with E-state index in [0.29, 0.717) is 10.9 Å². The molecule has 0 aliphatic rings. The summed E-state index contributed by atoms with van der Waals surface area (Å²) in [6.45, 7) is 1.71. The Labute approximate surface area is 126 Å². The number of hydrogen-bond donors (Lipinski definition) is 2. The molecule has 1 heterocycles. The first-order chi connectivity index (χ1) is 10.6. The van der Waals surface area contributed by atoms with E-state index in [2.05, 4.69) is 0 Å². The standard InChI is InChI=1S/C18H14O4/c1-11-9-16(20)22-15-10-14(19)13(18(21)17(11)15)8-7-12-5-3-2-4-6-12/h2-10,19,21H,1H3. The smallest absolute Gasteiger partial charge is 0.336 e. The Bertz CT molecular complexity index is 921. The van der Waals surface area contributed by atoms with E-state index in [1.54, 1.807) is 19.1 Å². The summed E-state index contributed by atoms with van der Waals surface area (Å²) in [6, 6.07) is 12.2. The number of fused-ring (bicyclic) bond motifs is 1. The van der Waals surface area contributed by atoms with Crippen molar-refractivity contribution in [2.24, 2.45) is 0 Å². The van der Waals surface area contributed by atoms with Crippen LogP contribution in [0.1, 0.15) is 16.7 Å². The van der Waals surface area contributed by atoms with Crippen molar-refractivity contribution < 1.29 is 14.6 Å². The Morgan fingerprint density at radius 2 is 1.77 bits per heavy atom. The van der Waals surface area contributed by atoms with Crippen LogP contribution in [0.3, 0.4) is 0 Å². The molecule has 0 spiro atoms. The highest BCUT2D eigenvalue weighted by atomic mass is 16.4. The number of aromatic hydroxyl groups is 2. The average molecular weight is 294 g/mol. The van der Waals surface area contributed by atoms with E-state index in [0.717, 1.165) is 5.56 Å². The highest BCUT2D eigenvalue weighted by Gasteiger charge is 2.14. The number of benzene rings is 2. The molecule has 3 rings (SSSR count). The van der Waals surface area contributed by atoms with Crippen molar-refractivity contribution >= 4 is 23.1 Å². The second kappa shape index (κ2) is 5.41. The molecule has 0 radical (unpaired) electrons. The fourth-order valence-electron chi connectivity index (χ4n) is 2.40. The zero-order valence-corrected chi connectivity index (χ0v) is 11.9. The van der Waals surface area contributed by atoms with Gasteiger partial charge in [0.2, 0.25) is 0 Å². The molecule has 0 amide bonds. The minimum Gasteiger partial charge on any atom is -0.507 e. The third kappa shape index (κ3) is 2.46. The Kier molecular flexibility index (Phi) is 3.43. The fourth-order valence-corrected chi connectivity index (χ4v) is 2.40. The molecule has 3 aromatic rings. The summed E-state index contributed by atoms with van der Waals surface area (Å²) in [4.78, 5) is 11.4. The molecule has 2 aromatic carbocycles. The van der Waals surface area contributed by atoms with Crippen molar-refractivity contribution in [3.8, 4) is 11.5 Å². The number of aryl methyl sites for hydroxylation is 1. The molecule has 0 bridgehead atoms. The predicted octanol–water partition coefficient (Wildman–Crippen LogP) is 3.68. The number of rotatable bonds is 2. The van der Waals surface area contributed by atoms with E-state index < -0.39 is 5.63 Å². The predicted molar refractivity (Wildman–Crippen MR) is 85.9 cm³/mol. The Balaban J connectivity index is 2.18. The molecule has 0 aliphatic carbocycles. The van der Waals surface area contributed by atoms with Crippen molar-refractivity contribution in [3.63, 3.8) is 0 Å². The van der Waals surface area contributed by atoms with Crippen molar-refractivity contribution in [1.29, 1.82) is 0 Å². The van der Waals surface area contributed by atoms with E-state index in [1.165, 1.54) is 12.1 Å². The molecule has 2 N–H and O–H groups in total. The molecule has 110 valence electrons. The molecule has 22 heavy (non-hydrogen) atoms. The Morgan fingerprint density at radius 3 is 2.50 bits per heavy atom. The normalized spacial score (nSPS) is 11.3. The zero-order valence-electron chi connectivity index (χ0n) is 11.9. The lowest BCUT2D eigenvalue weighted by molar-refractivity contribution is 0.449. The van der Waals surface area contributed by atoms with Crippen LogP contribution in [0.5, 0.6) is 11.5 Å². The topological polar surface area (TPSA) is 70.7 Å². The molecular weight excluding hydrogens is 280 g/mol. The van der Waals surface area contributed by atoms with E-state index in [-0.39, 0.29) is 22.6 Å². The van der Waals surface area contributed by atoms with Crippen molar-refractivity contribution in [2.75, 3.05) is 0 Å². The molecule has 0 saturated carbocycles. The van der Waals surface area contributed by atoms with Crippen molar-refractivity contribution in [2.45, 2.75) is 6.92 Å². The number of phenols is 2. The summed E-state index contributed by atoms with van der Waals surface area (Å²) in [5.41, 5.74) is 1.47. The zero-order chi connectivity index (χ0) is 15.7. The van der Waals surface area contributed by atoms with E-state index in [1.807, 2.05) is 30.3 Å². The Morgan fingerprint density at radius 1 is 1.05 bits per heavy atom. The first-order valence-electron chi connectivity index (χ1n) is 6.79. The second-order valence-electron chi connectivity index (χ2n) is 5.02. The maximum atomic E-state index is 11.4. The summed E-state index contributed by atoms with van der Waals surface area (Å²) in [7, 11) is 0. The summed E-state index contributed by atoms with van der Waals surface area (Å²) in [5.74, 6) is -0.255. The third-order valence-corrected chi connectivity index (χ3v) is 3.46. The molecular formula is C18H14O4. The molecule has 0 fully saturated rings. The quantitative estimate of drug-likeness (QED) is 0.558. The van der Waals surface area contributed by atoms with Gasteiger partial charge in [0.25, 0.3) is 0 Å². The van der Waals surface area contributed by atoms with E-state index in [9.17, 15) is 15.0 Å². The van der Waals surface area contributed by atoms with Gasteiger partial charge in [0, 0.05) is 12.1 Å². The second-order valence-corrected chi connectivity index (χ2v) is 5.02. The van der Waals surface area contributed by atoms with Gasteiger partial charge in [0.15, 0.2) is 0 Å². The third-order valence-electron chi connectivity index (χ3n) is 3.46. The number of hydrogen-bond acceptors (Lipinski definition) is 4. The minimum absolute atomic E-state index is 0.108. The molecule has 1 aromatic heterocycles. The van der Waals surface area contributed by atoms with Crippen LogP contribution < -0.4 is 5.63 Å². The SMILES string of the molecule is Cc1cc(=O)oc2cc(O)c(C=Cc3ccccc3)c(O)c12. The summed E-state index contributed by atoms with van der Waals surface area (Å²) in [6.07, 6.45) is 3.42. The van der Waals surface area contributed by atoms with Crippen LogP contribution in [-0.4, -0.2) is 10.2 Å². The molecule has 4 nitrogen and oxygen atoms in total. The van der Waals surface area contributed by atoms with Gasteiger partial charge >= 0.3 is 5.63 Å². The first kappa shape index (κ1) is 13.9. The van der Waals surface area contributed by atoms with Gasteiger partial charge in [-0.05, 0) is 24.1 Å². The highest BCUT2D eigenvalue weighted by Crippen LogP contribution is 2.37. The van der Waals surface area contributed by atoms with Gasteiger partial charge in [-0.2, -0.15) is 0 Å². The highest BCUT2D eigenvalue weighted by molar-refractivity contribution is 5.93. The molecule has 4 heteroatoms. The van der Waals surface area contributed by atoms with Crippen LogP contribution in [0, 0.1) is 6.92 Å². The van der Waals surface area contributed by atoms with Gasteiger partial charge in [-0.3, -0.25) is 0 Å². The summed E-state index contributed by atoms with van der Waals surface area (Å²) >= 11 is 0. The van der Waals surface area contributed by atoms with Gasteiger partial charge in [0.1, 0.15) is 17.1 Å². The van der Waals surface area contributed by atoms with Crippen LogP contribution in [0.2, 0.25) is 0 Å². The van der Waals surface area contributed by atoms with Crippen LogP contribution in [-0.2, 0) is 0 Å². The Hall–Kier alpha value is -3.01. The van der Waals surface area contributed by atoms with E-state index in [4.69, 9.17) is 4.42 Å². The molecule has 0 unspecified atom stereocenters. The van der Waals surface area contributed by atoms with Crippen LogP contribution in [0.15, 0.2) is 51.7 Å². The van der Waals surface area contributed by atoms with Crippen LogP contribution >= 0.6 is 0 Å². The molecule has 0 aliphatic heterocycles. The monoisotopic (exact) mass is 294 g/mol. The maximum absolute atomic E-state index is 11.4. The van der Waals surface area contributed by atoms with Gasteiger partial charge < -0.3 is 14.6 Å². The molecule has 0 saturated heterocycles. The van der Waals surface area contributed by atoms with Gasteiger partial charge in [-0.1, -0.05) is 36.4 Å². The number of phenolic OH excluding ortho intramolecular Hbond substituents is 2. The van der Waals surface area contributed by atoms with Crippen LogP contribution in [0.4, 0.5) is 0 Å². The lowest BCUT2D eigenvalue weighted by atomic mass is 10.0. The largest absolute Gasteiger partial charge is 0.507 e. The van der Waals surface area contributed by atoms with Crippen molar-refractivity contribution in [1.82, 2.24) is 0 Å². The maximum Gasteiger partial charge on any atom is 0.336 e. The summed E-state index contributed by atoms with van der Waals surface area (Å²) in [5, 5.41) is 20.9. The lowest BCUT2D eigenvalue weighted by Gasteiger charge is -2.08. The lowest BCUT2D eigenvalue weighted by Crippen LogP contribution is -1.98. The first-order valence-corrected chi connectivity index (χ1v) is 6.79. The van der Waals surface area contributed by atoms with Gasteiger partial charge in [-0.15, -0.1) is 0 Å². The average Bonchev–Trinajstić information content (AvgIpc) is 2.47. The van der Waals surface area contributed by atoms with Crippen molar-refractivity contribution in [3.05, 3.63) is 69.6 Å². The van der Waals surface area contributed by atoms with Gasteiger partial charge in [0.05, 0.1) is 10.9 Å². The van der Waals surface area contributed by atoms with Gasteiger partial charge in [-0.25, -0.2) is 4.79 Å². The van der Waals surface area contributed by atoms with Crippen LogP contribution in [0.25, 0.3) is 23.1 Å². The molecule has 0 atom stereocenters. The minimum atomic E-state index is -0.517. The van der Waals surface area contributed by atoms with E-state index >= 15 is 0 Å². The fraction of sp³-hybridized carbons (Fsp3) is 0.0556.